The second kappa shape index (κ2) is 1.73. The van der Waals surface area contributed by atoms with Gasteiger partial charge in [-0.2, -0.15) is 0 Å². The molecule has 1 fully saturated rings. The van der Waals surface area contributed by atoms with Crippen LogP contribution in [0.3, 0.4) is 0 Å². The Kier molecular flexibility index (Phi) is 1.22. The lowest BCUT2D eigenvalue weighted by Crippen LogP contribution is -1.88. The Bertz CT molecular complexity index is 86.2. The smallest absolute Gasteiger partial charge is 0.110 e. The largest absolute Gasteiger partial charge is 0.151 e. The summed E-state index contributed by atoms with van der Waals surface area (Å²) in [6.07, 6.45) is 2.75. The van der Waals surface area contributed by atoms with Crippen LogP contribution in [0.15, 0.2) is 12.1 Å². The van der Waals surface area contributed by atoms with Crippen molar-refractivity contribution in [1.82, 2.24) is 0 Å². The summed E-state index contributed by atoms with van der Waals surface area (Å²) in [6.45, 7) is 6.19. The predicted molar refractivity (Wildman–Crippen MR) is 34.9 cm³/mol. The second-order valence-corrected chi connectivity index (χ2v) is 2.45. The van der Waals surface area contributed by atoms with Crippen LogP contribution in [-0.4, -0.2) is 7.28 Å². The Morgan fingerprint density at radius 2 is 2.57 bits per heavy atom. The minimum absolute atomic E-state index is 0.819. The van der Waals surface area contributed by atoms with Gasteiger partial charge in [0.05, 0.1) is 0 Å². The molecule has 1 atom stereocenters. The number of rotatable bonds is 0. The molecule has 0 aliphatic carbocycles. The molecular formula is C6H11B. The number of allylic oxidation sites excluding steroid dienone is 1. The third-order valence-corrected chi connectivity index (χ3v) is 1.83. The Morgan fingerprint density at radius 1 is 1.86 bits per heavy atom. The van der Waals surface area contributed by atoms with Crippen LogP contribution >= 0.6 is 0 Å². The summed E-state index contributed by atoms with van der Waals surface area (Å²) in [7, 11) is 1.28. The molecule has 1 saturated heterocycles. The van der Waals surface area contributed by atoms with Crippen LogP contribution in [0.2, 0.25) is 6.32 Å². The van der Waals surface area contributed by atoms with Crippen molar-refractivity contribution < 1.29 is 0 Å². The SMILES string of the molecule is C=C1BCCC1C. The standard InChI is InChI=1S/C6H11B/c1-5-3-4-7-6(5)2/h5,7H,2-4H2,1H3. The highest BCUT2D eigenvalue weighted by molar-refractivity contribution is 6.46. The van der Waals surface area contributed by atoms with E-state index in [1.807, 2.05) is 0 Å². The van der Waals surface area contributed by atoms with Gasteiger partial charge in [0.15, 0.2) is 7.28 Å². The van der Waals surface area contributed by atoms with E-state index in [1.54, 1.807) is 0 Å². The fourth-order valence-electron chi connectivity index (χ4n) is 1.09. The van der Waals surface area contributed by atoms with Crippen LogP contribution in [-0.2, 0) is 0 Å². The van der Waals surface area contributed by atoms with Crippen molar-refractivity contribution in [3.05, 3.63) is 12.1 Å². The summed E-state index contributed by atoms with van der Waals surface area (Å²) in [4.78, 5) is 0. The molecule has 0 saturated carbocycles. The van der Waals surface area contributed by atoms with Gasteiger partial charge in [-0.1, -0.05) is 19.7 Å². The molecule has 0 bridgehead atoms. The van der Waals surface area contributed by atoms with E-state index in [0.29, 0.717) is 0 Å². The van der Waals surface area contributed by atoms with Crippen LogP contribution in [0.1, 0.15) is 13.3 Å². The van der Waals surface area contributed by atoms with Gasteiger partial charge in [-0.05, 0) is 5.92 Å². The highest BCUT2D eigenvalue weighted by Crippen LogP contribution is 2.22. The molecule has 38 valence electrons. The molecule has 0 spiro atoms. The van der Waals surface area contributed by atoms with Gasteiger partial charge < -0.3 is 0 Å². The second-order valence-electron chi connectivity index (χ2n) is 2.45. The minimum Gasteiger partial charge on any atom is -0.110 e. The number of hydrogen-bond donors (Lipinski definition) is 0. The van der Waals surface area contributed by atoms with E-state index in [1.165, 1.54) is 25.5 Å². The highest BCUT2D eigenvalue weighted by Gasteiger charge is 2.13. The minimum atomic E-state index is 0.819. The van der Waals surface area contributed by atoms with E-state index >= 15 is 0 Å². The van der Waals surface area contributed by atoms with Crippen molar-refractivity contribution in [3.63, 3.8) is 0 Å². The molecule has 0 radical (unpaired) electrons. The first kappa shape index (κ1) is 4.95. The van der Waals surface area contributed by atoms with Crippen LogP contribution in [0.25, 0.3) is 0 Å². The van der Waals surface area contributed by atoms with E-state index in [0.717, 1.165) is 5.92 Å². The van der Waals surface area contributed by atoms with E-state index in [-0.39, 0.29) is 0 Å². The van der Waals surface area contributed by atoms with E-state index < -0.39 is 0 Å². The van der Waals surface area contributed by atoms with Gasteiger partial charge in [-0.3, -0.25) is 0 Å². The average molecular weight is 94.0 g/mol. The average Bonchev–Trinajstić information content (AvgIpc) is 1.91. The Balaban J connectivity index is 2.48. The maximum absolute atomic E-state index is 3.94. The van der Waals surface area contributed by atoms with E-state index in [2.05, 4.69) is 13.5 Å². The first-order valence-electron chi connectivity index (χ1n) is 2.98. The molecular weight excluding hydrogens is 82.9 g/mol. The fraction of sp³-hybridized carbons (Fsp3) is 0.667. The van der Waals surface area contributed by atoms with Gasteiger partial charge in [-0.25, -0.2) is 0 Å². The molecule has 1 heteroatoms. The lowest BCUT2D eigenvalue weighted by molar-refractivity contribution is 0.715. The lowest BCUT2D eigenvalue weighted by atomic mass is 9.72. The molecule has 0 aromatic heterocycles. The highest BCUT2D eigenvalue weighted by atomic mass is 14.1. The van der Waals surface area contributed by atoms with Crippen LogP contribution in [0, 0.1) is 5.92 Å². The zero-order valence-corrected chi connectivity index (χ0v) is 4.91. The van der Waals surface area contributed by atoms with Crippen molar-refractivity contribution in [3.8, 4) is 0 Å². The molecule has 0 aromatic carbocycles. The molecule has 0 aromatic rings. The van der Waals surface area contributed by atoms with Crippen molar-refractivity contribution in [1.29, 1.82) is 0 Å². The normalized spacial score (nSPS) is 30.4. The summed E-state index contributed by atoms with van der Waals surface area (Å²) in [5.74, 6) is 0.819. The topological polar surface area (TPSA) is 0 Å². The summed E-state index contributed by atoms with van der Waals surface area (Å²) < 4.78 is 0. The van der Waals surface area contributed by atoms with Crippen molar-refractivity contribution in [2.45, 2.75) is 19.7 Å². The van der Waals surface area contributed by atoms with Gasteiger partial charge in [-0.15, -0.1) is 12.1 Å². The van der Waals surface area contributed by atoms with Crippen molar-refractivity contribution in [2.24, 2.45) is 5.92 Å². The Labute approximate surface area is 45.9 Å². The summed E-state index contributed by atoms with van der Waals surface area (Å²) >= 11 is 0. The van der Waals surface area contributed by atoms with Crippen LogP contribution in [0.5, 0.6) is 0 Å². The van der Waals surface area contributed by atoms with Gasteiger partial charge in [0.1, 0.15) is 0 Å². The first-order valence-corrected chi connectivity index (χ1v) is 2.98. The first-order chi connectivity index (χ1) is 3.30. The molecule has 0 amide bonds. The van der Waals surface area contributed by atoms with E-state index in [4.69, 9.17) is 0 Å². The molecule has 0 nitrogen and oxygen atoms in total. The maximum Gasteiger partial charge on any atom is 0.151 e. The van der Waals surface area contributed by atoms with E-state index in [9.17, 15) is 0 Å². The van der Waals surface area contributed by atoms with Gasteiger partial charge >= 0.3 is 0 Å². The lowest BCUT2D eigenvalue weighted by Gasteiger charge is -1.97. The third-order valence-electron chi connectivity index (χ3n) is 1.83. The zero-order valence-electron chi connectivity index (χ0n) is 4.91. The molecule has 1 heterocycles. The molecule has 1 rings (SSSR count). The molecule has 7 heavy (non-hydrogen) atoms. The summed E-state index contributed by atoms with van der Waals surface area (Å²) in [6, 6.07) is 0. The fourth-order valence-corrected chi connectivity index (χ4v) is 1.09. The van der Waals surface area contributed by atoms with Gasteiger partial charge in [0, 0.05) is 0 Å². The summed E-state index contributed by atoms with van der Waals surface area (Å²) in [5.41, 5.74) is 1.46. The van der Waals surface area contributed by atoms with Crippen LogP contribution < -0.4 is 0 Å². The third kappa shape index (κ3) is 0.874. The summed E-state index contributed by atoms with van der Waals surface area (Å²) in [5, 5.41) is 0. The molecule has 1 aliphatic heterocycles. The Hall–Kier alpha value is -0.195. The molecule has 1 unspecified atom stereocenters. The van der Waals surface area contributed by atoms with Crippen molar-refractivity contribution in [2.75, 3.05) is 0 Å². The quantitative estimate of drug-likeness (QED) is 0.398. The van der Waals surface area contributed by atoms with Crippen LogP contribution in [0.4, 0.5) is 0 Å². The van der Waals surface area contributed by atoms with Crippen molar-refractivity contribution >= 4 is 7.28 Å². The molecule has 0 N–H and O–H groups in total. The van der Waals surface area contributed by atoms with Gasteiger partial charge in [0.2, 0.25) is 0 Å². The Morgan fingerprint density at radius 3 is 2.71 bits per heavy atom. The monoisotopic (exact) mass is 94.1 g/mol. The number of hydrogen-bond acceptors (Lipinski definition) is 0. The zero-order chi connectivity index (χ0) is 5.28. The van der Waals surface area contributed by atoms with Gasteiger partial charge in [0.25, 0.3) is 0 Å². The maximum atomic E-state index is 3.94. The molecule has 1 aliphatic rings. The predicted octanol–water partition coefficient (Wildman–Crippen LogP) is 1.39.